The van der Waals surface area contributed by atoms with E-state index in [1.54, 1.807) is 0 Å². The molecule has 0 spiro atoms. The summed E-state index contributed by atoms with van der Waals surface area (Å²) in [5.74, 6) is 0.985. The van der Waals surface area contributed by atoms with E-state index >= 15 is 0 Å². The van der Waals surface area contributed by atoms with Gasteiger partial charge in [0.15, 0.2) is 0 Å². The van der Waals surface area contributed by atoms with Gasteiger partial charge < -0.3 is 10.6 Å². The molecule has 1 aromatic heterocycles. The van der Waals surface area contributed by atoms with Crippen molar-refractivity contribution in [3.8, 4) is 0 Å². The molecule has 1 aromatic rings. The Bertz CT molecular complexity index is 288. The molecule has 82 valence electrons. The maximum absolute atomic E-state index is 4.31. The Hall–Kier alpha value is -1.09. The van der Waals surface area contributed by atoms with Crippen molar-refractivity contribution < 1.29 is 0 Å². The Morgan fingerprint density at radius 2 is 2.47 bits per heavy atom. The molecular formula is C12H19N3. The first-order valence-corrected chi connectivity index (χ1v) is 5.74. The lowest BCUT2D eigenvalue weighted by molar-refractivity contribution is 0.574. The molecule has 2 N–H and O–H groups in total. The average Bonchev–Trinajstić information content (AvgIpc) is 2.74. The summed E-state index contributed by atoms with van der Waals surface area (Å²) >= 11 is 0. The highest BCUT2D eigenvalue weighted by molar-refractivity contribution is 5.34. The summed E-state index contributed by atoms with van der Waals surface area (Å²) in [5, 5.41) is 6.84. The summed E-state index contributed by atoms with van der Waals surface area (Å²) < 4.78 is 0. The van der Waals surface area contributed by atoms with Crippen LogP contribution in [0.1, 0.15) is 24.8 Å². The molecule has 1 saturated heterocycles. The highest BCUT2D eigenvalue weighted by Crippen LogP contribution is 2.09. The van der Waals surface area contributed by atoms with Crippen LogP contribution in [0.4, 0.5) is 5.82 Å². The van der Waals surface area contributed by atoms with Crippen molar-refractivity contribution in [3.63, 3.8) is 0 Å². The fraction of sp³-hybridized carbons (Fsp3) is 0.583. The van der Waals surface area contributed by atoms with Crippen LogP contribution in [0, 0.1) is 6.92 Å². The van der Waals surface area contributed by atoms with E-state index in [1.165, 1.54) is 31.4 Å². The lowest BCUT2D eigenvalue weighted by Gasteiger charge is -2.10. The van der Waals surface area contributed by atoms with Gasteiger partial charge in [-0.05, 0) is 44.4 Å². The zero-order chi connectivity index (χ0) is 10.5. The van der Waals surface area contributed by atoms with E-state index < -0.39 is 0 Å². The van der Waals surface area contributed by atoms with Crippen LogP contribution in [0.2, 0.25) is 0 Å². The third-order valence-corrected chi connectivity index (χ3v) is 2.87. The number of nitrogens with one attached hydrogen (secondary N) is 2. The van der Waals surface area contributed by atoms with Crippen LogP contribution in [-0.2, 0) is 0 Å². The van der Waals surface area contributed by atoms with E-state index in [4.69, 9.17) is 0 Å². The van der Waals surface area contributed by atoms with Gasteiger partial charge in [0.25, 0.3) is 0 Å². The molecule has 0 aliphatic carbocycles. The van der Waals surface area contributed by atoms with Crippen molar-refractivity contribution in [1.29, 1.82) is 0 Å². The third kappa shape index (κ3) is 3.20. The van der Waals surface area contributed by atoms with Crippen LogP contribution >= 0.6 is 0 Å². The SMILES string of the molecule is Cc1ccc(NCC[C@@H]2CCCN2)nc1. The number of aromatic nitrogens is 1. The van der Waals surface area contributed by atoms with Gasteiger partial charge in [0, 0.05) is 18.8 Å². The van der Waals surface area contributed by atoms with Crippen LogP contribution in [-0.4, -0.2) is 24.1 Å². The quantitative estimate of drug-likeness (QED) is 0.789. The largest absolute Gasteiger partial charge is 0.370 e. The predicted octanol–water partition coefficient (Wildman–Crippen LogP) is 1.94. The molecule has 1 atom stereocenters. The molecule has 1 aliphatic heterocycles. The van der Waals surface area contributed by atoms with E-state index in [2.05, 4.69) is 28.6 Å². The Balaban J connectivity index is 1.71. The van der Waals surface area contributed by atoms with Gasteiger partial charge in [0.05, 0.1) is 0 Å². The lowest BCUT2D eigenvalue weighted by atomic mass is 10.1. The monoisotopic (exact) mass is 205 g/mol. The third-order valence-electron chi connectivity index (χ3n) is 2.87. The summed E-state index contributed by atoms with van der Waals surface area (Å²) in [7, 11) is 0. The van der Waals surface area contributed by atoms with E-state index in [0.717, 1.165) is 12.4 Å². The van der Waals surface area contributed by atoms with E-state index in [9.17, 15) is 0 Å². The van der Waals surface area contributed by atoms with Gasteiger partial charge in [0.2, 0.25) is 0 Å². The molecule has 15 heavy (non-hydrogen) atoms. The molecule has 1 fully saturated rings. The summed E-state index contributed by atoms with van der Waals surface area (Å²) in [6.07, 6.45) is 5.74. The number of nitrogens with zero attached hydrogens (tertiary/aromatic N) is 1. The minimum absolute atomic E-state index is 0.711. The maximum atomic E-state index is 4.31. The summed E-state index contributed by atoms with van der Waals surface area (Å²) in [6.45, 7) is 4.25. The van der Waals surface area contributed by atoms with Gasteiger partial charge in [-0.2, -0.15) is 0 Å². The van der Waals surface area contributed by atoms with Gasteiger partial charge in [-0.3, -0.25) is 0 Å². The van der Waals surface area contributed by atoms with Crippen molar-refractivity contribution in [1.82, 2.24) is 10.3 Å². The highest BCUT2D eigenvalue weighted by Gasteiger charge is 2.12. The lowest BCUT2D eigenvalue weighted by Crippen LogP contribution is -2.24. The summed E-state index contributed by atoms with van der Waals surface area (Å²) in [5.41, 5.74) is 1.21. The molecule has 2 heterocycles. The highest BCUT2D eigenvalue weighted by atomic mass is 15.0. The number of hydrogen-bond acceptors (Lipinski definition) is 3. The number of hydrogen-bond donors (Lipinski definition) is 2. The normalized spacial score (nSPS) is 20.5. The topological polar surface area (TPSA) is 37.0 Å². The molecule has 0 unspecified atom stereocenters. The number of anilines is 1. The van der Waals surface area contributed by atoms with Gasteiger partial charge >= 0.3 is 0 Å². The second-order valence-electron chi connectivity index (χ2n) is 4.23. The van der Waals surface area contributed by atoms with E-state index in [1.807, 2.05) is 12.3 Å². The smallest absolute Gasteiger partial charge is 0.125 e. The zero-order valence-electron chi connectivity index (χ0n) is 9.29. The number of rotatable bonds is 4. The maximum Gasteiger partial charge on any atom is 0.125 e. The van der Waals surface area contributed by atoms with Crippen LogP contribution in [0.5, 0.6) is 0 Å². The van der Waals surface area contributed by atoms with Crippen LogP contribution < -0.4 is 10.6 Å². The van der Waals surface area contributed by atoms with Gasteiger partial charge in [-0.15, -0.1) is 0 Å². The molecule has 0 radical (unpaired) electrons. The Kier molecular flexibility index (Phi) is 3.56. The molecule has 1 aliphatic rings. The van der Waals surface area contributed by atoms with Crippen molar-refractivity contribution in [3.05, 3.63) is 23.9 Å². The van der Waals surface area contributed by atoms with Gasteiger partial charge in [0.1, 0.15) is 5.82 Å². The number of aryl methyl sites for hydroxylation is 1. The Morgan fingerprint density at radius 1 is 1.53 bits per heavy atom. The molecule has 3 nitrogen and oxygen atoms in total. The van der Waals surface area contributed by atoms with Crippen LogP contribution in [0.25, 0.3) is 0 Å². The second-order valence-corrected chi connectivity index (χ2v) is 4.23. The Labute approximate surface area is 91.3 Å². The van der Waals surface area contributed by atoms with Crippen molar-refractivity contribution in [2.45, 2.75) is 32.2 Å². The molecular weight excluding hydrogens is 186 g/mol. The Morgan fingerprint density at radius 3 is 3.13 bits per heavy atom. The van der Waals surface area contributed by atoms with Crippen molar-refractivity contribution in [2.24, 2.45) is 0 Å². The zero-order valence-corrected chi connectivity index (χ0v) is 9.29. The summed E-state index contributed by atoms with van der Waals surface area (Å²) in [6, 6.07) is 4.84. The second kappa shape index (κ2) is 5.12. The standard InChI is InChI=1S/C12H19N3/c1-10-4-5-12(15-9-10)14-8-6-11-3-2-7-13-11/h4-5,9,11,13H,2-3,6-8H2,1H3,(H,14,15)/t11-/m0/s1. The fourth-order valence-corrected chi connectivity index (χ4v) is 1.95. The van der Waals surface area contributed by atoms with E-state index in [-0.39, 0.29) is 0 Å². The fourth-order valence-electron chi connectivity index (χ4n) is 1.95. The van der Waals surface area contributed by atoms with Crippen LogP contribution in [0.3, 0.4) is 0 Å². The molecule has 0 aromatic carbocycles. The summed E-state index contributed by atoms with van der Waals surface area (Å²) in [4.78, 5) is 4.31. The molecule has 3 heteroatoms. The first-order chi connectivity index (χ1) is 7.34. The van der Waals surface area contributed by atoms with E-state index in [0.29, 0.717) is 6.04 Å². The van der Waals surface area contributed by atoms with Crippen LogP contribution in [0.15, 0.2) is 18.3 Å². The average molecular weight is 205 g/mol. The van der Waals surface area contributed by atoms with Crippen molar-refractivity contribution >= 4 is 5.82 Å². The number of pyridine rings is 1. The predicted molar refractivity (Wildman–Crippen MR) is 63.1 cm³/mol. The first-order valence-electron chi connectivity index (χ1n) is 5.74. The molecule has 0 saturated carbocycles. The van der Waals surface area contributed by atoms with Gasteiger partial charge in [-0.1, -0.05) is 6.07 Å². The molecule has 0 bridgehead atoms. The minimum Gasteiger partial charge on any atom is -0.370 e. The molecule has 2 rings (SSSR count). The van der Waals surface area contributed by atoms with Gasteiger partial charge in [-0.25, -0.2) is 4.98 Å². The minimum atomic E-state index is 0.711. The first kappa shape index (κ1) is 10.4. The molecule has 0 amide bonds. The van der Waals surface area contributed by atoms with Crippen molar-refractivity contribution in [2.75, 3.05) is 18.4 Å².